The summed E-state index contributed by atoms with van der Waals surface area (Å²) in [4.78, 5) is 15.4. The normalized spacial score (nSPS) is 24.3. The van der Waals surface area contributed by atoms with Gasteiger partial charge in [0.15, 0.2) is 0 Å². The summed E-state index contributed by atoms with van der Waals surface area (Å²) in [5.74, 6) is 0.838. The predicted molar refractivity (Wildman–Crippen MR) is 156 cm³/mol. The number of hydrogen-bond donors (Lipinski definition) is 1. The number of nitrogens with zero attached hydrogens (tertiary/aromatic N) is 2. The summed E-state index contributed by atoms with van der Waals surface area (Å²) >= 11 is -0.682. The van der Waals surface area contributed by atoms with Crippen LogP contribution >= 0.6 is 0 Å². The molecule has 1 aliphatic carbocycles. The maximum absolute atomic E-state index is 13.2. The van der Waals surface area contributed by atoms with E-state index < -0.39 is 32.5 Å². The van der Waals surface area contributed by atoms with Crippen LogP contribution in [0.2, 0.25) is 0 Å². The number of hydrogen-bond acceptors (Lipinski definition) is 8. The van der Waals surface area contributed by atoms with Gasteiger partial charge in [0.2, 0.25) is 0 Å². The molecule has 3 aliphatic rings. The summed E-state index contributed by atoms with van der Waals surface area (Å²) in [6.45, 7) is 3.76. The molecule has 2 aliphatic heterocycles. The van der Waals surface area contributed by atoms with Crippen LogP contribution in [0.3, 0.4) is 0 Å². The van der Waals surface area contributed by atoms with Crippen LogP contribution in [0.25, 0.3) is 15.0 Å². The average molecular weight is 740 g/mol. The number of ether oxygens (including phenoxy) is 5. The SMILES string of the molecule is CN1/C(=C\C2C(=O)/C(=C\c3[te]c4cc5c(cc4[n+]3C)OCCOCCOCCOCCO5)C2O)[Se]c2ccccc21. The van der Waals surface area contributed by atoms with Crippen molar-refractivity contribution >= 4 is 66.3 Å². The van der Waals surface area contributed by atoms with Crippen LogP contribution in [0.5, 0.6) is 11.5 Å². The molecule has 6 rings (SSSR count). The number of para-hydroxylation sites is 1. The number of ketones is 1. The fourth-order valence-electron chi connectivity index (χ4n) is 4.94. The van der Waals surface area contributed by atoms with E-state index in [1.807, 2.05) is 44.4 Å². The van der Waals surface area contributed by atoms with Crippen molar-refractivity contribution < 1.29 is 38.2 Å². The Morgan fingerprint density at radius 3 is 2.27 bits per heavy atom. The van der Waals surface area contributed by atoms with E-state index in [-0.39, 0.29) is 20.7 Å². The standard InChI is InChI=1S/C30H33N2O7SeTe/c1-31-21-5-3-4-6-25(21)40-27(31)15-19-29(33)20(30(19)34)16-28-32(2)22-17-23-24(18-26(22)41-28)39-14-12-37-10-8-35-7-9-36-11-13-38-23/h3-6,15-19,29,33H,7-14H2,1-2H3/q+1/b20-16-,27-15+. The zero-order chi connectivity index (χ0) is 28.3. The van der Waals surface area contributed by atoms with Gasteiger partial charge in [-0.1, -0.05) is 0 Å². The fraction of sp³-hybridized carbons (Fsp3) is 0.400. The Hall–Kier alpha value is -2.19. The number of carbonyl (C=O) groups is 1. The minimum absolute atomic E-state index is 0.001000. The number of anilines is 1. The van der Waals surface area contributed by atoms with Crippen LogP contribution in [0.15, 0.2) is 52.6 Å². The molecule has 1 aromatic heterocycles. The van der Waals surface area contributed by atoms with Crippen molar-refractivity contribution in [3.8, 4) is 11.5 Å². The summed E-state index contributed by atoms with van der Waals surface area (Å²) in [7, 11) is 4.03. The van der Waals surface area contributed by atoms with Gasteiger partial charge in [-0.15, -0.1) is 0 Å². The molecular weight excluding hydrogens is 707 g/mol. The first-order valence-corrected chi connectivity index (χ1v) is 17.7. The second kappa shape index (κ2) is 13.0. The van der Waals surface area contributed by atoms with E-state index in [1.165, 1.54) is 13.6 Å². The van der Waals surface area contributed by atoms with Gasteiger partial charge in [-0.05, 0) is 0 Å². The Kier molecular flexibility index (Phi) is 9.16. The Balaban J connectivity index is 1.21. The van der Waals surface area contributed by atoms with Crippen molar-refractivity contribution in [2.75, 3.05) is 64.8 Å². The Morgan fingerprint density at radius 2 is 1.61 bits per heavy atom. The Bertz CT molecular complexity index is 1500. The average Bonchev–Trinajstić information content (AvgIpc) is 3.46. The van der Waals surface area contributed by atoms with Gasteiger partial charge in [0.05, 0.1) is 0 Å². The van der Waals surface area contributed by atoms with Crippen LogP contribution in [-0.4, -0.2) is 112 Å². The van der Waals surface area contributed by atoms with Crippen LogP contribution in [-0.2, 0) is 26.1 Å². The molecule has 9 nitrogen and oxygen atoms in total. The first-order valence-electron chi connectivity index (χ1n) is 13.6. The molecule has 3 aromatic rings. The molecule has 1 N–H and O–H groups in total. The molecule has 3 heterocycles. The van der Waals surface area contributed by atoms with Gasteiger partial charge in [0.25, 0.3) is 0 Å². The maximum atomic E-state index is 13.2. The zero-order valence-corrected chi connectivity index (χ0v) is 27.1. The van der Waals surface area contributed by atoms with E-state index in [9.17, 15) is 9.90 Å². The number of aliphatic hydroxyl groups excluding tert-OH is 1. The van der Waals surface area contributed by atoms with Crippen molar-refractivity contribution in [1.82, 2.24) is 0 Å². The minimum atomic E-state index is -0.808. The topological polar surface area (TPSA) is 90.6 Å². The molecule has 41 heavy (non-hydrogen) atoms. The van der Waals surface area contributed by atoms with E-state index in [2.05, 4.69) is 27.7 Å². The van der Waals surface area contributed by atoms with Crippen molar-refractivity contribution in [3.63, 3.8) is 0 Å². The third-order valence-corrected chi connectivity index (χ3v) is 13.0. The number of aryl methyl sites for hydroxylation is 1. The molecule has 11 heteroatoms. The molecule has 0 amide bonds. The van der Waals surface area contributed by atoms with E-state index in [4.69, 9.17) is 23.7 Å². The molecular formula is C30H33N2O7SeTe+. The summed E-state index contributed by atoms with van der Waals surface area (Å²) in [5, 5.41) is 11.0. The second-order valence-electron chi connectivity index (χ2n) is 9.87. The number of aromatic nitrogens is 1. The van der Waals surface area contributed by atoms with Crippen molar-refractivity contribution in [2.24, 2.45) is 13.0 Å². The van der Waals surface area contributed by atoms with Crippen LogP contribution < -0.4 is 23.4 Å². The number of carbonyl (C=O) groups excluding carboxylic acids is 1. The third kappa shape index (κ3) is 6.15. The summed E-state index contributed by atoms with van der Waals surface area (Å²) < 4.78 is 35.6. The van der Waals surface area contributed by atoms with Crippen LogP contribution in [0.1, 0.15) is 3.71 Å². The van der Waals surface area contributed by atoms with Crippen molar-refractivity contribution in [2.45, 2.75) is 6.10 Å². The van der Waals surface area contributed by atoms with Gasteiger partial charge in [0.1, 0.15) is 0 Å². The Labute approximate surface area is 255 Å². The number of rotatable bonds is 2. The van der Waals surface area contributed by atoms with Crippen molar-refractivity contribution in [1.29, 1.82) is 0 Å². The third-order valence-electron chi connectivity index (χ3n) is 7.27. The number of fused-ring (bicyclic) bond motifs is 3. The van der Waals surface area contributed by atoms with Gasteiger partial charge in [0, 0.05) is 0 Å². The quantitative estimate of drug-likeness (QED) is 0.235. The molecule has 2 atom stereocenters. The molecule has 0 radical (unpaired) electrons. The van der Waals surface area contributed by atoms with Crippen molar-refractivity contribution in [3.05, 3.63) is 56.4 Å². The van der Waals surface area contributed by atoms with Gasteiger partial charge in [-0.25, -0.2) is 0 Å². The molecule has 216 valence electrons. The first kappa shape index (κ1) is 28.9. The number of aliphatic hydroxyl groups is 1. The summed E-state index contributed by atoms with van der Waals surface area (Å²) in [6.07, 6.45) is 3.08. The molecule has 2 unspecified atom stereocenters. The molecule has 1 fully saturated rings. The molecule has 1 saturated carbocycles. The van der Waals surface area contributed by atoms with E-state index >= 15 is 0 Å². The molecule has 0 spiro atoms. The van der Waals surface area contributed by atoms with Crippen LogP contribution in [0.4, 0.5) is 5.69 Å². The monoisotopic (exact) mass is 743 g/mol. The summed E-state index contributed by atoms with van der Waals surface area (Å²) in [5.41, 5.74) is 2.71. The number of Topliss-reactive ketones (excluding diaryl/α,β-unsaturated/α-hetero) is 1. The predicted octanol–water partition coefficient (Wildman–Crippen LogP) is 0.806. The number of benzene rings is 2. The van der Waals surface area contributed by atoms with Gasteiger partial charge in [-0.3, -0.25) is 0 Å². The van der Waals surface area contributed by atoms with E-state index in [1.54, 1.807) is 0 Å². The molecule has 2 aromatic carbocycles. The second-order valence-corrected chi connectivity index (χ2v) is 15.1. The zero-order valence-electron chi connectivity index (χ0n) is 23.0. The van der Waals surface area contributed by atoms with Gasteiger partial charge in [-0.2, -0.15) is 0 Å². The van der Waals surface area contributed by atoms with Gasteiger partial charge < -0.3 is 0 Å². The van der Waals surface area contributed by atoms with E-state index in [0.717, 1.165) is 13.8 Å². The van der Waals surface area contributed by atoms with E-state index in [0.29, 0.717) is 69.9 Å². The first-order chi connectivity index (χ1) is 20.0. The summed E-state index contributed by atoms with van der Waals surface area (Å²) in [6, 6.07) is 12.4. The van der Waals surface area contributed by atoms with Crippen LogP contribution in [0, 0.1) is 5.92 Å². The Morgan fingerprint density at radius 1 is 0.976 bits per heavy atom. The fourth-order valence-corrected chi connectivity index (χ4v) is 10.5. The molecule has 0 saturated heterocycles. The van der Waals surface area contributed by atoms with Gasteiger partial charge >= 0.3 is 256 Å². The molecule has 0 bridgehead atoms.